The van der Waals surface area contributed by atoms with Crippen LogP contribution in [0.2, 0.25) is 0 Å². The lowest BCUT2D eigenvalue weighted by atomic mass is 10.2. The molecule has 2 aromatic carbocycles. The first kappa shape index (κ1) is 18.8. The molecule has 0 N–H and O–H groups in total. The van der Waals surface area contributed by atoms with Crippen molar-refractivity contribution in [2.75, 3.05) is 20.2 Å². The Labute approximate surface area is 155 Å². The van der Waals surface area contributed by atoms with Crippen molar-refractivity contribution in [3.8, 4) is 22.9 Å². The van der Waals surface area contributed by atoms with Crippen LogP contribution in [0.25, 0.3) is 11.4 Å². The molecule has 0 aliphatic carbocycles. The van der Waals surface area contributed by atoms with E-state index in [0.717, 1.165) is 5.75 Å². The molecule has 0 saturated carbocycles. The van der Waals surface area contributed by atoms with E-state index >= 15 is 0 Å². The molecule has 142 valence electrons. The molecule has 0 fully saturated rings. The molecule has 3 rings (SSSR count). The Morgan fingerprint density at radius 3 is 2.59 bits per heavy atom. The Morgan fingerprint density at radius 2 is 1.81 bits per heavy atom. The molecule has 0 aliphatic rings. The van der Waals surface area contributed by atoms with Gasteiger partial charge in [0.25, 0.3) is 0 Å². The molecule has 1 aromatic heterocycles. The van der Waals surface area contributed by atoms with Crippen LogP contribution < -0.4 is 9.47 Å². The lowest BCUT2D eigenvalue weighted by molar-refractivity contribution is -0.0494. The van der Waals surface area contributed by atoms with Gasteiger partial charge in [0, 0.05) is 6.54 Å². The Bertz CT molecular complexity index is 843. The zero-order chi connectivity index (χ0) is 19.1. The Morgan fingerprint density at radius 1 is 1.07 bits per heavy atom. The molecule has 0 atom stereocenters. The predicted octanol–water partition coefficient (Wildman–Crippen LogP) is 3.85. The number of halogens is 2. The van der Waals surface area contributed by atoms with Crippen LogP contribution in [0.1, 0.15) is 5.89 Å². The van der Waals surface area contributed by atoms with Gasteiger partial charge in [0.15, 0.2) is 0 Å². The summed E-state index contributed by atoms with van der Waals surface area (Å²) in [6.45, 7) is -1.36. The number of hydrogen-bond acceptors (Lipinski definition) is 6. The lowest BCUT2D eigenvalue weighted by Gasteiger charge is -2.14. The molecule has 8 heteroatoms. The second kappa shape index (κ2) is 9.09. The van der Waals surface area contributed by atoms with Gasteiger partial charge in [0.05, 0.1) is 12.1 Å². The molecule has 1 heterocycles. The Kier molecular flexibility index (Phi) is 6.32. The van der Waals surface area contributed by atoms with E-state index in [0.29, 0.717) is 31.2 Å². The van der Waals surface area contributed by atoms with Crippen molar-refractivity contribution in [3.63, 3.8) is 0 Å². The van der Waals surface area contributed by atoms with Crippen molar-refractivity contribution in [2.45, 2.75) is 13.2 Å². The van der Waals surface area contributed by atoms with Gasteiger partial charge in [-0.05, 0) is 31.3 Å². The van der Waals surface area contributed by atoms with E-state index in [9.17, 15) is 8.78 Å². The molecule has 0 radical (unpaired) electrons. The number of para-hydroxylation sites is 2. The second-order valence-electron chi connectivity index (χ2n) is 5.79. The second-order valence-corrected chi connectivity index (χ2v) is 5.79. The van der Waals surface area contributed by atoms with Crippen LogP contribution in [0, 0.1) is 0 Å². The number of ether oxygens (including phenoxy) is 2. The first-order chi connectivity index (χ1) is 13.1. The van der Waals surface area contributed by atoms with Gasteiger partial charge in [-0.25, -0.2) is 0 Å². The van der Waals surface area contributed by atoms with E-state index in [1.165, 1.54) is 6.07 Å². The van der Waals surface area contributed by atoms with Crippen molar-refractivity contribution in [1.82, 2.24) is 15.0 Å². The number of likely N-dealkylation sites (N-methyl/N-ethyl adjacent to an activating group) is 1. The van der Waals surface area contributed by atoms with Crippen LogP contribution >= 0.6 is 0 Å². The summed E-state index contributed by atoms with van der Waals surface area (Å²) in [5.41, 5.74) is 0.350. The Hall–Kier alpha value is -3.00. The first-order valence-corrected chi connectivity index (χ1v) is 8.35. The van der Waals surface area contributed by atoms with Crippen molar-refractivity contribution < 1.29 is 22.8 Å². The molecule has 0 spiro atoms. The molecule has 3 aromatic rings. The van der Waals surface area contributed by atoms with E-state index in [1.807, 2.05) is 42.3 Å². The Balaban J connectivity index is 1.56. The summed E-state index contributed by atoms with van der Waals surface area (Å²) in [5, 5.41) is 3.87. The third kappa shape index (κ3) is 5.49. The highest BCUT2D eigenvalue weighted by atomic mass is 19.3. The molecular formula is C19H19F2N3O3. The largest absolute Gasteiger partial charge is 0.492 e. The van der Waals surface area contributed by atoms with Crippen molar-refractivity contribution in [2.24, 2.45) is 0 Å². The quantitative estimate of drug-likeness (QED) is 0.566. The smallest absolute Gasteiger partial charge is 0.387 e. The minimum atomic E-state index is -2.92. The molecule has 0 saturated heterocycles. The molecule has 0 unspecified atom stereocenters. The van der Waals surface area contributed by atoms with Crippen molar-refractivity contribution in [1.29, 1.82) is 0 Å². The number of nitrogens with zero attached hydrogens (tertiary/aromatic N) is 3. The van der Waals surface area contributed by atoms with E-state index in [2.05, 4.69) is 14.9 Å². The van der Waals surface area contributed by atoms with Gasteiger partial charge >= 0.3 is 6.61 Å². The summed E-state index contributed by atoms with van der Waals surface area (Å²) in [6.07, 6.45) is 0. The van der Waals surface area contributed by atoms with Gasteiger partial charge in [-0.1, -0.05) is 35.5 Å². The normalized spacial score (nSPS) is 11.1. The fraction of sp³-hybridized carbons (Fsp3) is 0.263. The summed E-state index contributed by atoms with van der Waals surface area (Å²) in [6, 6.07) is 15.9. The van der Waals surface area contributed by atoms with Gasteiger partial charge in [-0.2, -0.15) is 13.8 Å². The zero-order valence-electron chi connectivity index (χ0n) is 14.7. The van der Waals surface area contributed by atoms with Crippen LogP contribution in [0.15, 0.2) is 59.1 Å². The maximum Gasteiger partial charge on any atom is 0.387 e. The maximum atomic E-state index is 12.5. The number of benzene rings is 2. The predicted molar refractivity (Wildman–Crippen MR) is 94.6 cm³/mol. The highest BCUT2D eigenvalue weighted by Gasteiger charge is 2.16. The number of aromatic nitrogens is 2. The molecule has 27 heavy (non-hydrogen) atoms. The fourth-order valence-corrected chi connectivity index (χ4v) is 2.42. The standard InChI is InChI=1S/C19H19F2N3O3/c1-24(11-12-25-14-7-3-2-4-8-14)13-17-22-18(23-27-17)15-9-5-6-10-16(15)26-19(20)21/h2-10,19H,11-13H2,1H3. The fourth-order valence-electron chi connectivity index (χ4n) is 2.42. The van der Waals surface area contributed by atoms with Crippen LogP contribution in [0.4, 0.5) is 8.78 Å². The SMILES string of the molecule is CN(CCOc1ccccc1)Cc1nc(-c2ccccc2OC(F)F)no1. The third-order valence-corrected chi connectivity index (χ3v) is 3.70. The zero-order valence-corrected chi connectivity index (χ0v) is 14.7. The van der Waals surface area contributed by atoms with Crippen LogP contribution in [-0.2, 0) is 6.54 Å². The van der Waals surface area contributed by atoms with Gasteiger partial charge < -0.3 is 14.0 Å². The van der Waals surface area contributed by atoms with Gasteiger partial charge in [0.2, 0.25) is 11.7 Å². The lowest BCUT2D eigenvalue weighted by Crippen LogP contribution is -2.24. The third-order valence-electron chi connectivity index (χ3n) is 3.70. The molecule has 0 amide bonds. The summed E-state index contributed by atoms with van der Waals surface area (Å²) in [7, 11) is 1.89. The van der Waals surface area contributed by atoms with Crippen molar-refractivity contribution in [3.05, 3.63) is 60.5 Å². The minimum absolute atomic E-state index is 0.00413. The van der Waals surface area contributed by atoms with Gasteiger partial charge in [0.1, 0.15) is 18.1 Å². The monoisotopic (exact) mass is 375 g/mol. The van der Waals surface area contributed by atoms with Crippen LogP contribution in [-0.4, -0.2) is 41.9 Å². The van der Waals surface area contributed by atoms with Gasteiger partial charge in [-0.3, -0.25) is 4.90 Å². The van der Waals surface area contributed by atoms with Gasteiger partial charge in [-0.15, -0.1) is 0 Å². The highest BCUT2D eigenvalue weighted by molar-refractivity contribution is 5.63. The van der Waals surface area contributed by atoms with E-state index in [1.54, 1.807) is 18.2 Å². The summed E-state index contributed by atoms with van der Waals surface area (Å²) < 4.78 is 40.4. The summed E-state index contributed by atoms with van der Waals surface area (Å²) in [4.78, 5) is 6.23. The van der Waals surface area contributed by atoms with E-state index in [4.69, 9.17) is 9.26 Å². The van der Waals surface area contributed by atoms with E-state index < -0.39 is 6.61 Å². The topological polar surface area (TPSA) is 60.6 Å². The summed E-state index contributed by atoms with van der Waals surface area (Å²) >= 11 is 0. The highest BCUT2D eigenvalue weighted by Crippen LogP contribution is 2.28. The molecule has 0 bridgehead atoms. The minimum Gasteiger partial charge on any atom is -0.492 e. The average Bonchev–Trinajstić information content (AvgIpc) is 3.11. The molecule has 0 aliphatic heterocycles. The van der Waals surface area contributed by atoms with E-state index in [-0.39, 0.29) is 11.6 Å². The first-order valence-electron chi connectivity index (χ1n) is 8.35. The van der Waals surface area contributed by atoms with Crippen LogP contribution in [0.5, 0.6) is 11.5 Å². The average molecular weight is 375 g/mol. The number of rotatable bonds is 9. The van der Waals surface area contributed by atoms with Crippen molar-refractivity contribution >= 4 is 0 Å². The number of hydrogen-bond donors (Lipinski definition) is 0. The number of alkyl halides is 2. The van der Waals surface area contributed by atoms with Crippen LogP contribution in [0.3, 0.4) is 0 Å². The molecular weight excluding hydrogens is 356 g/mol. The summed E-state index contributed by atoms with van der Waals surface area (Å²) in [5.74, 6) is 1.39. The maximum absolute atomic E-state index is 12.5. The molecule has 6 nitrogen and oxygen atoms in total.